The molecule has 0 bridgehead atoms. The number of rotatable bonds is 3. The predicted molar refractivity (Wildman–Crippen MR) is 95.5 cm³/mol. The lowest BCUT2D eigenvalue weighted by Crippen LogP contribution is -2.11. The average molecular weight is 382 g/mol. The lowest BCUT2D eigenvalue weighted by Gasteiger charge is -2.12. The zero-order valence-electron chi connectivity index (χ0n) is 12.9. The van der Waals surface area contributed by atoms with Crippen molar-refractivity contribution in [2.75, 3.05) is 0 Å². The third kappa shape index (κ3) is 3.20. The molecular formula is C17H13Cl2NO3S. The quantitative estimate of drug-likeness (QED) is 0.603. The van der Waals surface area contributed by atoms with E-state index in [1.54, 1.807) is 38.1 Å². The molecule has 0 unspecified atom stereocenters. The van der Waals surface area contributed by atoms with Gasteiger partial charge in [0.1, 0.15) is 4.90 Å². The molecule has 2 aromatic carbocycles. The topological polar surface area (TPSA) is 56.3 Å². The first-order chi connectivity index (χ1) is 11.3. The summed E-state index contributed by atoms with van der Waals surface area (Å²) in [6.45, 7) is 3.47. The number of benzene rings is 2. The molecule has 0 saturated carbocycles. The molecule has 0 amide bonds. The molecule has 3 aromatic rings. The molecule has 1 heterocycles. The molecule has 0 aliphatic rings. The molecule has 0 radical (unpaired) electrons. The Bertz CT molecular complexity index is 1050. The summed E-state index contributed by atoms with van der Waals surface area (Å²) in [7, 11) is -4.11. The van der Waals surface area contributed by atoms with E-state index in [4.69, 9.17) is 27.4 Å². The van der Waals surface area contributed by atoms with E-state index >= 15 is 0 Å². The molecule has 4 nitrogen and oxygen atoms in total. The lowest BCUT2D eigenvalue weighted by atomic mass is 10.2. The zero-order chi connectivity index (χ0) is 17.5. The number of pyridine rings is 1. The van der Waals surface area contributed by atoms with Crippen LogP contribution in [-0.2, 0) is 10.1 Å². The lowest BCUT2D eigenvalue weighted by molar-refractivity contribution is 0.488. The van der Waals surface area contributed by atoms with Gasteiger partial charge < -0.3 is 4.18 Å². The Morgan fingerprint density at radius 3 is 2.46 bits per heavy atom. The Morgan fingerprint density at radius 2 is 1.71 bits per heavy atom. The van der Waals surface area contributed by atoms with Gasteiger partial charge >= 0.3 is 10.1 Å². The SMILES string of the molecule is Cc1cc(OS(=O)(=O)c2cc(C)c(Cl)cc2Cl)c2ccccc2n1. The summed E-state index contributed by atoms with van der Waals surface area (Å²) in [6, 6.07) is 11.5. The van der Waals surface area contributed by atoms with Gasteiger partial charge in [0.2, 0.25) is 0 Å². The summed E-state index contributed by atoms with van der Waals surface area (Å²) in [5.74, 6) is 0.210. The Balaban J connectivity index is 2.13. The van der Waals surface area contributed by atoms with Crippen LogP contribution in [0.2, 0.25) is 10.0 Å². The van der Waals surface area contributed by atoms with Crippen molar-refractivity contribution in [3.8, 4) is 5.75 Å². The van der Waals surface area contributed by atoms with Gasteiger partial charge in [0.25, 0.3) is 0 Å². The van der Waals surface area contributed by atoms with E-state index in [9.17, 15) is 8.42 Å². The van der Waals surface area contributed by atoms with Crippen molar-refractivity contribution in [2.45, 2.75) is 18.7 Å². The molecule has 0 N–H and O–H groups in total. The van der Waals surface area contributed by atoms with Gasteiger partial charge in [-0.15, -0.1) is 0 Å². The van der Waals surface area contributed by atoms with E-state index in [1.807, 2.05) is 6.07 Å². The highest BCUT2D eigenvalue weighted by molar-refractivity contribution is 7.87. The minimum absolute atomic E-state index is 0.0145. The smallest absolute Gasteiger partial charge is 0.340 e. The van der Waals surface area contributed by atoms with Crippen molar-refractivity contribution in [2.24, 2.45) is 0 Å². The maximum absolute atomic E-state index is 12.7. The zero-order valence-corrected chi connectivity index (χ0v) is 15.2. The summed E-state index contributed by atoms with van der Waals surface area (Å²) >= 11 is 12.0. The molecular weight excluding hydrogens is 369 g/mol. The van der Waals surface area contributed by atoms with Gasteiger partial charge in [0.15, 0.2) is 5.75 Å². The van der Waals surface area contributed by atoms with Gasteiger partial charge in [0, 0.05) is 22.2 Å². The normalized spacial score (nSPS) is 11.7. The van der Waals surface area contributed by atoms with E-state index < -0.39 is 10.1 Å². The fourth-order valence-corrected chi connectivity index (χ4v) is 4.07. The molecule has 24 heavy (non-hydrogen) atoms. The van der Waals surface area contributed by atoms with E-state index in [1.165, 1.54) is 12.1 Å². The van der Waals surface area contributed by atoms with E-state index in [0.717, 1.165) is 0 Å². The number of halogens is 2. The van der Waals surface area contributed by atoms with E-state index in [0.29, 0.717) is 27.2 Å². The van der Waals surface area contributed by atoms with Crippen LogP contribution in [-0.4, -0.2) is 13.4 Å². The van der Waals surface area contributed by atoms with Gasteiger partial charge in [-0.05, 0) is 43.7 Å². The largest absolute Gasteiger partial charge is 0.378 e. The molecule has 0 fully saturated rings. The molecule has 0 aliphatic carbocycles. The summed E-state index contributed by atoms with van der Waals surface area (Å²) < 4.78 is 30.7. The second-order valence-corrected chi connectivity index (χ2v) is 7.68. The van der Waals surface area contributed by atoms with Gasteiger partial charge in [-0.25, -0.2) is 0 Å². The second kappa shape index (κ2) is 6.24. The van der Waals surface area contributed by atoms with Crippen LogP contribution in [0.15, 0.2) is 47.4 Å². The second-order valence-electron chi connectivity index (χ2n) is 5.35. The standard InChI is InChI=1S/C17H13Cl2NO3S/c1-10-7-17(14(19)9-13(10)18)24(21,22)23-16-8-11(2)20-15-6-4-3-5-12(15)16/h3-9H,1-2H3. The van der Waals surface area contributed by atoms with Crippen molar-refractivity contribution < 1.29 is 12.6 Å². The minimum atomic E-state index is -4.11. The van der Waals surface area contributed by atoms with Crippen LogP contribution < -0.4 is 4.18 Å². The summed E-state index contributed by atoms with van der Waals surface area (Å²) in [5.41, 5.74) is 1.90. The highest BCUT2D eigenvalue weighted by Crippen LogP contribution is 2.32. The number of fused-ring (bicyclic) bond motifs is 1. The summed E-state index contributed by atoms with van der Waals surface area (Å²) in [6.07, 6.45) is 0. The average Bonchev–Trinajstić information content (AvgIpc) is 2.50. The highest BCUT2D eigenvalue weighted by Gasteiger charge is 2.23. The van der Waals surface area contributed by atoms with Gasteiger partial charge in [0.05, 0.1) is 10.5 Å². The van der Waals surface area contributed by atoms with Gasteiger partial charge in [-0.2, -0.15) is 8.42 Å². The van der Waals surface area contributed by atoms with Crippen molar-refractivity contribution in [1.29, 1.82) is 0 Å². The number of nitrogens with zero attached hydrogens (tertiary/aromatic N) is 1. The van der Waals surface area contributed by atoms with Crippen LogP contribution in [0.4, 0.5) is 0 Å². The van der Waals surface area contributed by atoms with Gasteiger partial charge in [-0.3, -0.25) is 4.98 Å². The number of aromatic nitrogens is 1. The Hall–Kier alpha value is -1.82. The first kappa shape index (κ1) is 17.0. The third-order valence-corrected chi connectivity index (χ3v) is 5.60. The van der Waals surface area contributed by atoms with Crippen LogP contribution in [0.3, 0.4) is 0 Å². The van der Waals surface area contributed by atoms with E-state index in [2.05, 4.69) is 4.98 Å². The van der Waals surface area contributed by atoms with Crippen molar-refractivity contribution in [1.82, 2.24) is 4.98 Å². The number of hydrogen-bond donors (Lipinski definition) is 0. The Morgan fingerprint density at radius 1 is 1.00 bits per heavy atom. The molecule has 0 saturated heterocycles. The van der Waals surface area contributed by atoms with Crippen molar-refractivity contribution >= 4 is 44.2 Å². The number of aryl methyl sites for hydroxylation is 2. The first-order valence-corrected chi connectivity index (χ1v) is 9.21. The Kier molecular flexibility index (Phi) is 4.42. The highest BCUT2D eigenvalue weighted by atomic mass is 35.5. The Labute approximate surface area is 150 Å². The molecule has 3 rings (SSSR count). The van der Waals surface area contributed by atoms with Crippen LogP contribution in [0.5, 0.6) is 5.75 Å². The molecule has 7 heteroatoms. The molecule has 0 spiro atoms. The van der Waals surface area contributed by atoms with E-state index in [-0.39, 0.29) is 15.7 Å². The van der Waals surface area contributed by atoms with Crippen LogP contribution in [0.25, 0.3) is 10.9 Å². The minimum Gasteiger partial charge on any atom is -0.378 e. The maximum Gasteiger partial charge on any atom is 0.340 e. The third-order valence-electron chi connectivity index (χ3n) is 3.49. The van der Waals surface area contributed by atoms with Gasteiger partial charge in [-0.1, -0.05) is 35.3 Å². The summed E-state index contributed by atoms with van der Waals surface area (Å²) in [5, 5.41) is 1.01. The molecule has 1 aromatic heterocycles. The predicted octanol–water partition coefficient (Wildman–Crippen LogP) is 4.93. The van der Waals surface area contributed by atoms with Crippen molar-refractivity contribution in [3.05, 3.63) is 63.8 Å². The summed E-state index contributed by atoms with van der Waals surface area (Å²) in [4.78, 5) is 4.24. The molecule has 0 aliphatic heterocycles. The van der Waals surface area contributed by atoms with Crippen LogP contribution in [0.1, 0.15) is 11.3 Å². The molecule has 124 valence electrons. The fourth-order valence-electron chi connectivity index (χ4n) is 2.32. The maximum atomic E-state index is 12.7. The van der Waals surface area contributed by atoms with Crippen LogP contribution >= 0.6 is 23.2 Å². The van der Waals surface area contributed by atoms with Crippen molar-refractivity contribution in [3.63, 3.8) is 0 Å². The first-order valence-electron chi connectivity index (χ1n) is 7.04. The number of hydrogen-bond acceptors (Lipinski definition) is 4. The van der Waals surface area contributed by atoms with Crippen LogP contribution in [0, 0.1) is 13.8 Å². The molecule has 0 atom stereocenters. The number of para-hydroxylation sites is 1. The fraction of sp³-hybridized carbons (Fsp3) is 0.118. The monoisotopic (exact) mass is 381 g/mol.